The van der Waals surface area contributed by atoms with Crippen molar-refractivity contribution in [1.82, 2.24) is 4.40 Å². The monoisotopic (exact) mass is 633 g/mol. The van der Waals surface area contributed by atoms with Gasteiger partial charge in [-0.25, -0.2) is 0 Å². The Morgan fingerprint density at radius 2 is 1.12 bits per heavy atom. The summed E-state index contributed by atoms with van der Waals surface area (Å²) in [6.07, 6.45) is 0. The zero-order valence-electron chi connectivity index (χ0n) is 31.4. The lowest BCUT2D eigenvalue weighted by Gasteiger charge is -2.26. The Labute approximate surface area is 292 Å². The molecule has 9 rings (SSSR count). The third kappa shape index (κ3) is 5.18. The van der Waals surface area contributed by atoms with Gasteiger partial charge in [-0.3, -0.25) is 0 Å². The third-order valence-electron chi connectivity index (χ3n) is 8.91. The lowest BCUT2D eigenvalue weighted by atomic mass is 10.00. The fourth-order valence-corrected chi connectivity index (χ4v) is 6.75. The highest BCUT2D eigenvalue weighted by molar-refractivity contribution is 6.10. The molecule has 0 fully saturated rings. The molecule has 0 atom stereocenters. The van der Waals surface area contributed by atoms with Crippen LogP contribution in [0, 0.1) is 0 Å². The van der Waals surface area contributed by atoms with Crippen molar-refractivity contribution in [2.75, 3.05) is 4.90 Å². The molecular formula is C46H32N2O. The quantitative estimate of drug-likeness (QED) is 0.174. The fourth-order valence-electron chi connectivity index (χ4n) is 6.75. The molecule has 49 heavy (non-hydrogen) atoms. The predicted octanol–water partition coefficient (Wildman–Crippen LogP) is 12.8. The van der Waals surface area contributed by atoms with E-state index >= 15 is 0 Å². The molecule has 232 valence electrons. The maximum Gasteiger partial charge on any atom is 0.127 e. The molecule has 0 radical (unpaired) electrons. The van der Waals surface area contributed by atoms with E-state index in [0.717, 1.165) is 38.6 Å². The maximum atomic E-state index is 8.89. The van der Waals surface area contributed by atoms with Gasteiger partial charge in [-0.05, 0) is 89.3 Å². The first-order chi connectivity index (χ1) is 26.4. The molecule has 0 spiro atoms. The minimum atomic E-state index is -0.439. The molecule has 0 bridgehead atoms. The summed E-state index contributed by atoms with van der Waals surface area (Å²) in [5.41, 5.74) is 8.99. The van der Waals surface area contributed by atoms with Crippen LogP contribution in [0.15, 0.2) is 194 Å². The highest BCUT2D eigenvalue weighted by Gasteiger charge is 2.18. The molecule has 0 aliphatic heterocycles. The summed E-state index contributed by atoms with van der Waals surface area (Å²) in [6.45, 7) is 0. The summed E-state index contributed by atoms with van der Waals surface area (Å²) < 4.78 is 51.3. The molecule has 0 N–H and O–H groups in total. The van der Waals surface area contributed by atoms with Gasteiger partial charge in [0.25, 0.3) is 0 Å². The van der Waals surface area contributed by atoms with E-state index in [4.69, 9.17) is 11.6 Å². The summed E-state index contributed by atoms with van der Waals surface area (Å²) >= 11 is 0. The molecular weight excluding hydrogens is 597 g/mol. The van der Waals surface area contributed by atoms with Gasteiger partial charge >= 0.3 is 0 Å². The van der Waals surface area contributed by atoms with Gasteiger partial charge in [0.05, 0.1) is 23.4 Å². The average molecular weight is 634 g/mol. The lowest BCUT2D eigenvalue weighted by molar-refractivity contribution is 0.483. The summed E-state index contributed by atoms with van der Waals surface area (Å²) in [4.78, 5) is 1.71. The van der Waals surface area contributed by atoms with E-state index in [1.54, 1.807) is 4.90 Å². The number of anilines is 3. The molecule has 2 heterocycles. The van der Waals surface area contributed by atoms with Crippen LogP contribution in [0.4, 0.5) is 17.1 Å². The van der Waals surface area contributed by atoms with Crippen molar-refractivity contribution >= 4 is 44.4 Å². The second kappa shape index (κ2) is 12.2. The van der Waals surface area contributed by atoms with Crippen LogP contribution in [0.3, 0.4) is 0 Å². The number of hydrogen-bond donors (Lipinski definition) is 0. The van der Waals surface area contributed by atoms with E-state index in [9.17, 15) is 0 Å². The minimum absolute atomic E-state index is 0.0598. The number of para-hydroxylation sites is 4. The van der Waals surface area contributed by atoms with Gasteiger partial charge in [-0.1, -0.05) is 121 Å². The second-order valence-electron chi connectivity index (χ2n) is 11.8. The summed E-state index contributed by atoms with van der Waals surface area (Å²) in [5, 5.41) is 2.28. The van der Waals surface area contributed by atoms with E-state index in [-0.39, 0.29) is 17.8 Å². The van der Waals surface area contributed by atoms with Crippen molar-refractivity contribution in [2.24, 2.45) is 0 Å². The summed E-state index contributed by atoms with van der Waals surface area (Å²) in [7, 11) is 0. The molecule has 2 aromatic heterocycles. The van der Waals surface area contributed by atoms with E-state index < -0.39 is 18.1 Å². The molecule has 0 saturated heterocycles. The molecule has 3 nitrogen and oxygen atoms in total. The first-order valence-electron chi connectivity index (χ1n) is 18.7. The first kappa shape index (κ1) is 23.7. The van der Waals surface area contributed by atoms with E-state index in [0.29, 0.717) is 22.9 Å². The Kier molecular flexibility index (Phi) is 5.91. The first-order valence-corrected chi connectivity index (χ1v) is 16.2. The Balaban J connectivity index is 1.20. The smallest absolute Gasteiger partial charge is 0.127 e. The van der Waals surface area contributed by atoms with E-state index in [1.807, 2.05) is 84.9 Å². The topological polar surface area (TPSA) is 16.9 Å². The van der Waals surface area contributed by atoms with Gasteiger partial charge < -0.3 is 14.0 Å². The number of benzene rings is 7. The molecule has 0 amide bonds. The fraction of sp³-hybridized carbons (Fsp3) is 0. The Morgan fingerprint density at radius 1 is 0.469 bits per heavy atom. The Morgan fingerprint density at radius 3 is 1.88 bits per heavy atom. The number of nitrogens with zero attached hydrogens (tertiary/aromatic N) is 2. The van der Waals surface area contributed by atoms with Crippen LogP contribution in [-0.2, 0) is 0 Å². The molecule has 0 saturated carbocycles. The average Bonchev–Trinajstić information content (AvgIpc) is 3.57. The Hall–Kier alpha value is -6.58. The molecule has 0 aliphatic rings. The lowest BCUT2D eigenvalue weighted by Crippen LogP contribution is -2.09. The maximum absolute atomic E-state index is 8.89. The van der Waals surface area contributed by atoms with E-state index in [1.165, 1.54) is 10.9 Å². The standard InChI is InChI=1S/C46H32N2O/c1-4-13-34(14-5-1)45-42-20-10-11-22-43(42)48-44(45)32-25-35-15-12-21-41(46(35)48)33-23-26-37(27-24-33)47(36-16-6-2-7-17-36)38-28-30-40(31-29-38)49-39-18-8-3-9-19-39/h1-32H/i2D,6D,7D,16D,17D. The summed E-state index contributed by atoms with van der Waals surface area (Å²) in [5.74, 6) is 1.30. The van der Waals surface area contributed by atoms with Crippen LogP contribution in [0.25, 0.3) is 49.6 Å². The van der Waals surface area contributed by atoms with Crippen LogP contribution in [0.1, 0.15) is 6.85 Å². The highest BCUT2D eigenvalue weighted by atomic mass is 16.5. The van der Waals surface area contributed by atoms with Crippen LogP contribution in [0.5, 0.6) is 11.5 Å². The SMILES string of the molecule is [2H]c1c([2H])c([2H])c(N(c2ccc(Oc3ccccc3)cc2)c2ccc(-c3cccc4ccc5c(-c6ccccc6)c6ccccc6n5c34)cc2)c([2H])c1[2H]. The number of hydrogen-bond acceptors (Lipinski definition) is 2. The number of aromatic nitrogens is 1. The molecule has 3 heteroatoms. The third-order valence-corrected chi connectivity index (χ3v) is 8.91. The normalized spacial score (nSPS) is 12.7. The van der Waals surface area contributed by atoms with Gasteiger partial charge in [-0.2, -0.15) is 0 Å². The zero-order chi connectivity index (χ0) is 36.9. The number of rotatable bonds is 7. The Bertz CT molecular complexity index is 2810. The van der Waals surface area contributed by atoms with Gasteiger partial charge in [-0.15, -0.1) is 0 Å². The van der Waals surface area contributed by atoms with Gasteiger partial charge in [0.1, 0.15) is 11.5 Å². The summed E-state index contributed by atoms with van der Waals surface area (Å²) in [6, 6.07) is 52.6. The molecule has 0 aliphatic carbocycles. The molecule has 7 aromatic carbocycles. The van der Waals surface area contributed by atoms with Gasteiger partial charge in [0.15, 0.2) is 0 Å². The van der Waals surface area contributed by atoms with Crippen LogP contribution in [-0.4, -0.2) is 4.40 Å². The van der Waals surface area contributed by atoms with Gasteiger partial charge in [0, 0.05) is 33.6 Å². The van der Waals surface area contributed by atoms with Crippen molar-refractivity contribution in [3.05, 3.63) is 194 Å². The number of fused-ring (bicyclic) bond motifs is 5. The van der Waals surface area contributed by atoms with E-state index in [2.05, 4.69) is 83.3 Å². The van der Waals surface area contributed by atoms with Gasteiger partial charge in [0.2, 0.25) is 0 Å². The van der Waals surface area contributed by atoms with Crippen molar-refractivity contribution in [1.29, 1.82) is 0 Å². The molecule has 9 aromatic rings. The largest absolute Gasteiger partial charge is 0.457 e. The number of ether oxygens (including phenoxy) is 1. The van der Waals surface area contributed by atoms with Crippen LogP contribution < -0.4 is 9.64 Å². The predicted molar refractivity (Wildman–Crippen MR) is 204 cm³/mol. The molecule has 0 unspecified atom stereocenters. The van der Waals surface area contributed by atoms with Crippen LogP contribution in [0.2, 0.25) is 0 Å². The van der Waals surface area contributed by atoms with Crippen molar-refractivity contribution < 1.29 is 11.6 Å². The zero-order valence-corrected chi connectivity index (χ0v) is 26.4. The van der Waals surface area contributed by atoms with Crippen molar-refractivity contribution in [3.8, 4) is 33.8 Å². The van der Waals surface area contributed by atoms with Crippen molar-refractivity contribution in [3.63, 3.8) is 0 Å². The number of pyridine rings is 1. The minimum Gasteiger partial charge on any atom is -0.457 e. The van der Waals surface area contributed by atoms with Crippen LogP contribution >= 0.6 is 0 Å². The second-order valence-corrected chi connectivity index (χ2v) is 11.8. The highest BCUT2D eigenvalue weighted by Crippen LogP contribution is 2.41. The van der Waals surface area contributed by atoms with Crippen molar-refractivity contribution in [2.45, 2.75) is 0 Å².